The van der Waals surface area contributed by atoms with E-state index >= 15 is 0 Å². The van der Waals surface area contributed by atoms with E-state index in [9.17, 15) is 13.2 Å². The van der Waals surface area contributed by atoms with Crippen molar-refractivity contribution in [2.45, 2.75) is 18.0 Å². The number of hydrogen-bond donors (Lipinski definition) is 3. The molecule has 0 aliphatic rings. The van der Waals surface area contributed by atoms with Gasteiger partial charge in [0, 0.05) is 29.8 Å². The van der Waals surface area contributed by atoms with Crippen LogP contribution in [0.4, 0.5) is 4.79 Å². The number of amides is 1. The number of nitrogens with two attached hydrogens (primary N) is 1. The molecule has 238 valence electrons. The van der Waals surface area contributed by atoms with Gasteiger partial charge in [0.1, 0.15) is 22.3 Å². The number of methoxy groups -OCH3 is 1. The van der Waals surface area contributed by atoms with Crippen LogP contribution in [-0.2, 0) is 23.1 Å². The molecular weight excluding hydrogens is 633 g/mol. The smallest absolute Gasteiger partial charge is 0.415 e. The predicted octanol–water partition coefficient (Wildman–Crippen LogP) is 6.50. The summed E-state index contributed by atoms with van der Waals surface area (Å²) in [7, 11) is -2.34. The van der Waals surface area contributed by atoms with Gasteiger partial charge in [-0.2, -0.15) is 0 Å². The Morgan fingerprint density at radius 2 is 1.40 bits per heavy atom. The number of thiocarbonyl (C=S) groups is 1. The van der Waals surface area contributed by atoms with Crippen LogP contribution in [0.5, 0.6) is 11.5 Å². The molecule has 4 N–H and O–H groups in total. The van der Waals surface area contributed by atoms with E-state index in [2.05, 4.69) is 5.32 Å². The number of rotatable bonds is 10. The molecule has 0 aliphatic heterocycles. The summed E-state index contributed by atoms with van der Waals surface area (Å²) in [4.78, 5) is 15.5. The minimum Gasteiger partial charge on any atom is -0.497 e. The number of benzene rings is 5. The maximum Gasteiger partial charge on any atom is 0.415 e. The van der Waals surface area contributed by atoms with Gasteiger partial charge in [-0.1, -0.05) is 91.1 Å². The second kappa shape index (κ2) is 14.8. The predicted molar refractivity (Wildman–Crippen MR) is 186 cm³/mol. The lowest BCUT2D eigenvalue weighted by atomic mass is 10.1. The second-order valence-electron chi connectivity index (χ2n) is 10.5. The Morgan fingerprint density at radius 3 is 2.09 bits per heavy atom. The van der Waals surface area contributed by atoms with Crippen molar-refractivity contribution in [2.75, 3.05) is 7.11 Å². The van der Waals surface area contributed by atoms with Gasteiger partial charge in [-0.25, -0.2) is 18.4 Å². The van der Waals surface area contributed by atoms with Crippen molar-refractivity contribution < 1.29 is 22.7 Å². The van der Waals surface area contributed by atoms with E-state index < -0.39 is 16.1 Å². The third-order valence-corrected chi connectivity index (χ3v) is 8.53. The summed E-state index contributed by atoms with van der Waals surface area (Å²) in [6.07, 6.45) is -0.578. The first-order chi connectivity index (χ1) is 22.6. The topological polar surface area (TPSA) is 135 Å². The molecule has 1 amide bonds. The number of sulfonamides is 1. The van der Waals surface area contributed by atoms with E-state index in [4.69, 9.17) is 32.2 Å². The Kier molecular flexibility index (Phi) is 10.4. The van der Waals surface area contributed by atoms with Crippen LogP contribution in [0.1, 0.15) is 22.3 Å². The molecule has 5 aromatic rings. The highest BCUT2D eigenvalue weighted by atomic mass is 32.2. The fraction of sp³-hybridized carbons (Fsp3) is 0.0833. The third-order valence-electron chi connectivity index (χ3n) is 7.22. The van der Waals surface area contributed by atoms with Crippen LogP contribution < -0.4 is 19.9 Å². The van der Waals surface area contributed by atoms with Crippen molar-refractivity contribution in [2.24, 2.45) is 5.14 Å². The standard InChI is InChI=1S/C36H32N4O5S2/c1-44-30-18-16-28(17-19-30)35(46)39-34(37)29-11-7-10-26(22-29)24-40(23-25-8-3-2-4-9-25)36(41)45-31-20-14-27(15-21-31)32-12-5-6-13-33(32)47(38,42)43/h2-22H,23-24H2,1H3,(H2,37,39,46)(H2,38,42,43). The molecule has 0 bridgehead atoms. The average Bonchev–Trinajstić information content (AvgIpc) is 3.08. The molecule has 0 heterocycles. The molecule has 0 saturated heterocycles. The summed E-state index contributed by atoms with van der Waals surface area (Å²) in [6, 6.07) is 37.1. The van der Waals surface area contributed by atoms with Gasteiger partial charge in [-0.05, 0) is 65.2 Å². The molecule has 0 saturated carbocycles. The number of ether oxygens (including phenoxy) is 2. The lowest BCUT2D eigenvalue weighted by Gasteiger charge is -2.23. The van der Waals surface area contributed by atoms with E-state index in [-0.39, 0.29) is 29.6 Å². The molecule has 0 aliphatic carbocycles. The van der Waals surface area contributed by atoms with Crippen molar-refractivity contribution >= 4 is 39.2 Å². The Morgan fingerprint density at radius 1 is 0.787 bits per heavy atom. The number of carbonyl (C=O) groups excluding carboxylic acids is 1. The Bertz CT molecular complexity index is 2000. The zero-order valence-corrected chi connectivity index (χ0v) is 27.1. The minimum atomic E-state index is -3.93. The molecule has 0 aromatic heterocycles. The van der Waals surface area contributed by atoms with Gasteiger partial charge in [-0.15, -0.1) is 0 Å². The molecule has 0 spiro atoms. The lowest BCUT2D eigenvalue weighted by Crippen LogP contribution is -2.33. The van der Waals surface area contributed by atoms with Crippen LogP contribution in [0.15, 0.2) is 132 Å². The Labute approximate surface area is 279 Å². The zero-order valence-electron chi connectivity index (χ0n) is 25.4. The number of nitrogens with one attached hydrogen (secondary N) is 2. The quantitative estimate of drug-likeness (QED) is 0.0881. The van der Waals surface area contributed by atoms with Crippen molar-refractivity contribution in [3.8, 4) is 22.6 Å². The highest BCUT2D eigenvalue weighted by Crippen LogP contribution is 2.28. The van der Waals surface area contributed by atoms with Crippen molar-refractivity contribution in [1.29, 1.82) is 5.41 Å². The minimum absolute atomic E-state index is 0.00634. The van der Waals surface area contributed by atoms with Crippen LogP contribution in [0.25, 0.3) is 11.1 Å². The molecule has 0 radical (unpaired) electrons. The number of hydrogen-bond acceptors (Lipinski definition) is 7. The molecule has 9 nitrogen and oxygen atoms in total. The summed E-state index contributed by atoms with van der Waals surface area (Å²) in [5.41, 5.74) is 4.10. The number of carbonyl (C=O) groups is 1. The molecule has 0 atom stereocenters. The van der Waals surface area contributed by atoms with Crippen LogP contribution in [0, 0.1) is 5.41 Å². The molecular formula is C36H32N4O5S2. The molecule has 0 fully saturated rings. The largest absolute Gasteiger partial charge is 0.497 e. The second-order valence-corrected chi connectivity index (χ2v) is 12.5. The van der Waals surface area contributed by atoms with E-state index in [1.54, 1.807) is 72.7 Å². The maximum absolute atomic E-state index is 13.6. The van der Waals surface area contributed by atoms with Crippen molar-refractivity contribution in [3.63, 3.8) is 0 Å². The summed E-state index contributed by atoms with van der Waals surface area (Å²) in [6.45, 7) is 0.485. The molecule has 0 unspecified atom stereocenters. The number of amidine groups is 1. The fourth-order valence-electron chi connectivity index (χ4n) is 4.86. The third kappa shape index (κ3) is 8.67. The number of primary sulfonamides is 1. The SMILES string of the molecule is COc1ccc(C(=S)NC(=N)c2cccc(CN(Cc3ccccc3)C(=O)Oc3ccc(-c4ccccc4S(N)(=O)=O)cc3)c2)cc1. The molecule has 5 rings (SSSR count). The van der Waals surface area contributed by atoms with Crippen LogP contribution in [-0.4, -0.2) is 37.3 Å². The van der Waals surface area contributed by atoms with Gasteiger partial charge in [0.15, 0.2) is 0 Å². The van der Waals surface area contributed by atoms with E-state index in [1.807, 2.05) is 60.7 Å². The van der Waals surface area contributed by atoms with Crippen LogP contribution in [0.2, 0.25) is 0 Å². The summed E-state index contributed by atoms with van der Waals surface area (Å²) in [5.74, 6) is 1.12. The van der Waals surface area contributed by atoms with Crippen molar-refractivity contribution in [1.82, 2.24) is 10.2 Å². The van der Waals surface area contributed by atoms with Gasteiger partial charge in [0.05, 0.1) is 12.0 Å². The van der Waals surface area contributed by atoms with E-state index in [0.29, 0.717) is 27.4 Å². The first-order valence-electron chi connectivity index (χ1n) is 14.5. The van der Waals surface area contributed by atoms with Crippen molar-refractivity contribution in [3.05, 3.63) is 150 Å². The zero-order chi connectivity index (χ0) is 33.4. The summed E-state index contributed by atoms with van der Waals surface area (Å²) in [5, 5.41) is 17.0. The van der Waals surface area contributed by atoms with E-state index in [1.165, 1.54) is 6.07 Å². The van der Waals surface area contributed by atoms with E-state index in [0.717, 1.165) is 16.7 Å². The molecule has 5 aromatic carbocycles. The summed E-state index contributed by atoms with van der Waals surface area (Å²) < 4.78 is 35.1. The molecule has 47 heavy (non-hydrogen) atoms. The monoisotopic (exact) mass is 664 g/mol. The normalized spacial score (nSPS) is 10.9. The Balaban J connectivity index is 1.32. The summed E-state index contributed by atoms with van der Waals surface area (Å²) >= 11 is 5.51. The van der Waals surface area contributed by atoms with Gasteiger partial charge in [-0.3, -0.25) is 10.3 Å². The number of nitrogens with zero attached hydrogens (tertiary/aromatic N) is 1. The van der Waals surface area contributed by atoms with Crippen LogP contribution >= 0.6 is 12.2 Å². The fourth-order valence-corrected chi connectivity index (χ4v) is 5.85. The van der Waals surface area contributed by atoms with Gasteiger partial charge < -0.3 is 14.8 Å². The lowest BCUT2D eigenvalue weighted by molar-refractivity contribution is 0.146. The van der Waals surface area contributed by atoms with Crippen LogP contribution in [0.3, 0.4) is 0 Å². The van der Waals surface area contributed by atoms with Gasteiger partial charge in [0.2, 0.25) is 10.0 Å². The highest BCUT2D eigenvalue weighted by Gasteiger charge is 2.19. The average molecular weight is 665 g/mol. The first kappa shape index (κ1) is 33.0. The highest BCUT2D eigenvalue weighted by molar-refractivity contribution is 7.89. The van der Waals surface area contributed by atoms with Gasteiger partial charge in [0.25, 0.3) is 0 Å². The maximum atomic E-state index is 13.6. The Hall–Kier alpha value is -5.36. The van der Waals surface area contributed by atoms with Gasteiger partial charge >= 0.3 is 6.09 Å². The first-order valence-corrected chi connectivity index (χ1v) is 16.4. The molecule has 11 heteroatoms.